The van der Waals surface area contributed by atoms with E-state index in [4.69, 9.17) is 14.2 Å². The lowest BCUT2D eigenvalue weighted by atomic mass is 10.1. The molecule has 28 heavy (non-hydrogen) atoms. The standard InChI is InChI=1S/C19H21N3O5S/c1-12-9-16(21-20-12)13-5-8-17(26-3)19(10-13)28(23,24)22-15-7-6-14(25-2)11-18(15)27-4/h5-11,22H,1-4H3,(H,20,21). The van der Waals surface area contributed by atoms with Crippen molar-refractivity contribution in [3.63, 3.8) is 0 Å². The van der Waals surface area contributed by atoms with Crippen LogP contribution >= 0.6 is 0 Å². The highest BCUT2D eigenvalue weighted by molar-refractivity contribution is 7.92. The molecule has 0 aliphatic carbocycles. The summed E-state index contributed by atoms with van der Waals surface area (Å²) in [6, 6.07) is 11.5. The van der Waals surface area contributed by atoms with Crippen LogP contribution in [0.3, 0.4) is 0 Å². The Morgan fingerprint density at radius 3 is 2.29 bits per heavy atom. The van der Waals surface area contributed by atoms with Crippen molar-refractivity contribution >= 4 is 15.7 Å². The number of aromatic amines is 1. The molecule has 0 spiro atoms. The van der Waals surface area contributed by atoms with Gasteiger partial charge in [-0.25, -0.2) is 8.42 Å². The molecule has 8 nitrogen and oxygen atoms in total. The van der Waals surface area contributed by atoms with Gasteiger partial charge in [-0.05, 0) is 43.3 Å². The minimum Gasteiger partial charge on any atom is -0.497 e. The first-order valence-electron chi connectivity index (χ1n) is 8.33. The fourth-order valence-corrected chi connectivity index (χ4v) is 3.96. The van der Waals surface area contributed by atoms with Crippen molar-refractivity contribution in [3.05, 3.63) is 48.2 Å². The summed E-state index contributed by atoms with van der Waals surface area (Å²) < 4.78 is 44.4. The predicted octanol–water partition coefficient (Wildman–Crippen LogP) is 3.21. The minimum atomic E-state index is -3.97. The Labute approximate surface area is 163 Å². The van der Waals surface area contributed by atoms with Gasteiger partial charge in [0.05, 0.1) is 32.7 Å². The third-order valence-electron chi connectivity index (χ3n) is 4.11. The maximum atomic E-state index is 13.1. The van der Waals surface area contributed by atoms with Crippen molar-refractivity contribution in [1.29, 1.82) is 0 Å². The van der Waals surface area contributed by atoms with Crippen molar-refractivity contribution in [1.82, 2.24) is 10.2 Å². The van der Waals surface area contributed by atoms with Gasteiger partial charge < -0.3 is 14.2 Å². The van der Waals surface area contributed by atoms with Crippen LogP contribution in [-0.4, -0.2) is 39.9 Å². The number of benzene rings is 2. The van der Waals surface area contributed by atoms with Crippen molar-refractivity contribution < 1.29 is 22.6 Å². The first-order chi connectivity index (χ1) is 13.4. The molecule has 0 bridgehead atoms. The second-order valence-electron chi connectivity index (χ2n) is 5.97. The number of H-pyrrole nitrogens is 1. The molecule has 148 valence electrons. The lowest BCUT2D eigenvalue weighted by molar-refractivity contribution is 0.395. The molecule has 1 aromatic heterocycles. The SMILES string of the molecule is COc1ccc(NS(=O)(=O)c2cc(-c3cc(C)[nH]n3)ccc2OC)c(OC)c1. The van der Waals surface area contributed by atoms with Crippen LogP contribution in [0.4, 0.5) is 5.69 Å². The van der Waals surface area contributed by atoms with E-state index in [-0.39, 0.29) is 16.3 Å². The molecule has 1 heterocycles. The Hall–Kier alpha value is -3.20. The van der Waals surface area contributed by atoms with Gasteiger partial charge in [0.1, 0.15) is 22.1 Å². The maximum absolute atomic E-state index is 13.1. The van der Waals surface area contributed by atoms with Gasteiger partial charge in [0.25, 0.3) is 10.0 Å². The van der Waals surface area contributed by atoms with Gasteiger partial charge in [0.2, 0.25) is 0 Å². The van der Waals surface area contributed by atoms with Gasteiger partial charge in [-0.15, -0.1) is 0 Å². The highest BCUT2D eigenvalue weighted by atomic mass is 32.2. The number of anilines is 1. The van der Waals surface area contributed by atoms with Gasteiger partial charge >= 0.3 is 0 Å². The van der Waals surface area contributed by atoms with E-state index in [1.54, 1.807) is 30.3 Å². The van der Waals surface area contributed by atoms with Crippen LogP contribution in [-0.2, 0) is 10.0 Å². The van der Waals surface area contributed by atoms with Gasteiger partial charge in [-0.1, -0.05) is 0 Å². The molecule has 2 aromatic carbocycles. The summed E-state index contributed by atoms with van der Waals surface area (Å²) in [6.45, 7) is 1.87. The van der Waals surface area contributed by atoms with Gasteiger partial charge in [-0.3, -0.25) is 9.82 Å². The number of nitrogens with one attached hydrogen (secondary N) is 2. The third-order valence-corrected chi connectivity index (χ3v) is 5.49. The zero-order valence-electron chi connectivity index (χ0n) is 15.9. The predicted molar refractivity (Wildman–Crippen MR) is 106 cm³/mol. The molecule has 0 unspecified atom stereocenters. The molecule has 0 amide bonds. The third kappa shape index (κ3) is 3.89. The monoisotopic (exact) mass is 403 g/mol. The number of nitrogens with zero attached hydrogens (tertiary/aromatic N) is 1. The summed E-state index contributed by atoms with van der Waals surface area (Å²) in [5, 5.41) is 7.03. The highest BCUT2D eigenvalue weighted by Crippen LogP contribution is 2.34. The first-order valence-corrected chi connectivity index (χ1v) is 9.81. The first kappa shape index (κ1) is 19.6. The van der Waals surface area contributed by atoms with E-state index in [0.717, 1.165) is 5.69 Å². The topological polar surface area (TPSA) is 103 Å². The van der Waals surface area contributed by atoms with Crippen LogP contribution in [0.2, 0.25) is 0 Å². The average Bonchev–Trinajstić information content (AvgIpc) is 3.13. The van der Waals surface area contributed by atoms with Gasteiger partial charge in [-0.2, -0.15) is 5.10 Å². The van der Waals surface area contributed by atoms with Crippen molar-refractivity contribution in [2.24, 2.45) is 0 Å². The smallest absolute Gasteiger partial charge is 0.265 e. The molecule has 0 aliphatic heterocycles. The van der Waals surface area contributed by atoms with Crippen molar-refractivity contribution in [3.8, 4) is 28.5 Å². The van der Waals surface area contributed by atoms with E-state index in [2.05, 4.69) is 14.9 Å². The van der Waals surface area contributed by atoms with Crippen LogP contribution in [0.5, 0.6) is 17.2 Å². The normalized spacial score (nSPS) is 11.1. The van der Waals surface area contributed by atoms with Crippen LogP contribution in [0.25, 0.3) is 11.3 Å². The van der Waals surface area contributed by atoms with Gasteiger partial charge in [0, 0.05) is 17.3 Å². The molecule has 3 rings (SSSR count). The summed E-state index contributed by atoms with van der Waals surface area (Å²) >= 11 is 0. The van der Waals surface area contributed by atoms with E-state index in [0.29, 0.717) is 22.8 Å². The van der Waals surface area contributed by atoms with Gasteiger partial charge in [0.15, 0.2) is 0 Å². The molecule has 0 aliphatic rings. The lowest BCUT2D eigenvalue weighted by Crippen LogP contribution is -2.15. The average molecular weight is 403 g/mol. The Morgan fingerprint density at radius 2 is 1.68 bits per heavy atom. The minimum absolute atomic E-state index is 0.00831. The van der Waals surface area contributed by atoms with Crippen molar-refractivity contribution in [2.75, 3.05) is 26.1 Å². The molecule has 0 saturated carbocycles. The molecule has 0 fully saturated rings. The number of hydrogen-bond donors (Lipinski definition) is 2. The number of hydrogen-bond acceptors (Lipinski definition) is 6. The Kier molecular flexibility index (Phi) is 5.46. The maximum Gasteiger partial charge on any atom is 0.265 e. The molecule has 0 atom stereocenters. The lowest BCUT2D eigenvalue weighted by Gasteiger charge is -2.15. The molecule has 2 N–H and O–H groups in total. The number of sulfonamides is 1. The van der Waals surface area contributed by atoms with Crippen LogP contribution in [0.1, 0.15) is 5.69 Å². The Morgan fingerprint density at radius 1 is 0.929 bits per heavy atom. The van der Waals surface area contributed by atoms with E-state index in [9.17, 15) is 8.42 Å². The molecular weight excluding hydrogens is 382 g/mol. The number of aromatic nitrogens is 2. The van der Waals surface area contributed by atoms with Crippen molar-refractivity contribution in [2.45, 2.75) is 11.8 Å². The number of methoxy groups -OCH3 is 3. The van der Waals surface area contributed by atoms with Crippen LogP contribution in [0.15, 0.2) is 47.4 Å². The quantitative estimate of drug-likeness (QED) is 0.628. The van der Waals surface area contributed by atoms with E-state index in [1.165, 1.54) is 27.4 Å². The zero-order valence-corrected chi connectivity index (χ0v) is 16.8. The highest BCUT2D eigenvalue weighted by Gasteiger charge is 2.23. The van der Waals surface area contributed by atoms with E-state index >= 15 is 0 Å². The Balaban J connectivity index is 2.03. The summed E-state index contributed by atoms with van der Waals surface area (Å²) in [5.41, 5.74) is 2.44. The number of aryl methyl sites for hydroxylation is 1. The largest absolute Gasteiger partial charge is 0.497 e. The van der Waals surface area contributed by atoms with E-state index < -0.39 is 10.0 Å². The molecule has 0 saturated heterocycles. The second-order valence-corrected chi connectivity index (χ2v) is 7.62. The summed E-state index contributed by atoms with van der Waals surface area (Å²) in [5.74, 6) is 1.10. The van der Waals surface area contributed by atoms with Crippen LogP contribution < -0.4 is 18.9 Å². The fraction of sp³-hybridized carbons (Fsp3) is 0.211. The molecule has 0 radical (unpaired) electrons. The summed E-state index contributed by atoms with van der Waals surface area (Å²) in [4.78, 5) is -0.00831. The zero-order chi connectivity index (χ0) is 20.3. The van der Waals surface area contributed by atoms with E-state index in [1.807, 2.05) is 13.0 Å². The number of ether oxygens (including phenoxy) is 3. The Bertz CT molecular complexity index is 1090. The van der Waals surface area contributed by atoms with Crippen LogP contribution in [0, 0.1) is 6.92 Å². The summed E-state index contributed by atoms with van der Waals surface area (Å²) in [6.07, 6.45) is 0. The fourth-order valence-electron chi connectivity index (χ4n) is 2.69. The second kappa shape index (κ2) is 7.81. The number of rotatable bonds is 7. The molecule has 3 aromatic rings. The summed E-state index contributed by atoms with van der Waals surface area (Å²) in [7, 11) is 0.423. The molecular formula is C19H21N3O5S. The molecule has 9 heteroatoms.